The Morgan fingerprint density at radius 3 is 2.47 bits per heavy atom. The molecule has 2 aliphatic heterocycles. The van der Waals surface area contributed by atoms with E-state index in [2.05, 4.69) is 9.97 Å². The molecule has 2 fully saturated rings. The minimum absolute atomic E-state index is 0.0460. The molecule has 2 unspecified atom stereocenters. The summed E-state index contributed by atoms with van der Waals surface area (Å²) in [5.74, 6) is -2.93. The number of ether oxygens (including phenoxy) is 3. The maximum absolute atomic E-state index is 16.3. The van der Waals surface area contributed by atoms with Crippen LogP contribution in [0.15, 0.2) is 41.3 Å². The molecule has 4 aromatic rings. The van der Waals surface area contributed by atoms with Gasteiger partial charge in [0.05, 0.1) is 23.3 Å². The Morgan fingerprint density at radius 2 is 1.79 bits per heavy atom. The summed E-state index contributed by atoms with van der Waals surface area (Å²) in [5, 5.41) is 0.432. The molecule has 1 amide bonds. The van der Waals surface area contributed by atoms with Crippen LogP contribution >= 0.6 is 0 Å². The number of carbonyl (C=O) groups is 1. The summed E-state index contributed by atoms with van der Waals surface area (Å²) < 4.78 is 61.8. The van der Waals surface area contributed by atoms with Crippen LogP contribution in [0.25, 0.3) is 32.9 Å². The van der Waals surface area contributed by atoms with Gasteiger partial charge in [-0.05, 0) is 57.2 Å². The van der Waals surface area contributed by atoms with E-state index in [9.17, 15) is 14.0 Å². The molecule has 0 aliphatic carbocycles. The summed E-state index contributed by atoms with van der Waals surface area (Å²) in [6, 6.07) is 6.29. The van der Waals surface area contributed by atoms with Gasteiger partial charge in [0.1, 0.15) is 17.0 Å². The van der Waals surface area contributed by atoms with Gasteiger partial charge in [-0.2, -0.15) is 0 Å². The van der Waals surface area contributed by atoms with E-state index in [4.69, 9.17) is 14.2 Å². The van der Waals surface area contributed by atoms with Gasteiger partial charge in [-0.1, -0.05) is 6.07 Å². The number of aromatic amines is 1. The summed E-state index contributed by atoms with van der Waals surface area (Å²) in [6.07, 6.45) is 2.58. The maximum atomic E-state index is 16.3. The first-order chi connectivity index (χ1) is 20.4. The van der Waals surface area contributed by atoms with Crippen molar-refractivity contribution >= 4 is 33.5 Å². The van der Waals surface area contributed by atoms with E-state index in [1.807, 2.05) is 25.7 Å². The molecule has 2 aliphatic rings. The van der Waals surface area contributed by atoms with Gasteiger partial charge in [0.15, 0.2) is 24.2 Å². The van der Waals surface area contributed by atoms with Crippen LogP contribution in [0.1, 0.15) is 33.6 Å². The summed E-state index contributed by atoms with van der Waals surface area (Å²) in [6.45, 7) is 6.17. The molecule has 1 N–H and O–H groups in total. The Hall–Kier alpha value is -4.32. The number of fused-ring (bicyclic) bond motifs is 4. The Morgan fingerprint density at radius 1 is 1.07 bits per heavy atom. The van der Waals surface area contributed by atoms with Crippen LogP contribution in [0.3, 0.4) is 0 Å². The van der Waals surface area contributed by atoms with E-state index in [1.165, 1.54) is 37.6 Å². The van der Waals surface area contributed by atoms with Crippen molar-refractivity contribution < 1.29 is 32.2 Å². The molecule has 0 saturated carbocycles. The SMILES string of the molecule is COCOc1cc(-c2ncc3c(N4CC5CCC(C4)N5C(=O)OC(C)(C)C)cc(=O)[nH]c3c2F)c2c(F)c(F)ccc2c1. The lowest BCUT2D eigenvalue weighted by molar-refractivity contribution is 0.0123. The van der Waals surface area contributed by atoms with Crippen molar-refractivity contribution in [3.63, 3.8) is 0 Å². The number of hydrogen-bond acceptors (Lipinski definition) is 7. The van der Waals surface area contributed by atoms with Crippen molar-refractivity contribution in [3.8, 4) is 17.0 Å². The second kappa shape index (κ2) is 10.7. The zero-order valence-corrected chi connectivity index (χ0v) is 24.2. The third-order valence-electron chi connectivity index (χ3n) is 7.82. The molecule has 0 radical (unpaired) electrons. The first-order valence-electron chi connectivity index (χ1n) is 14.0. The number of anilines is 1. The predicted molar refractivity (Wildman–Crippen MR) is 155 cm³/mol. The average molecular weight is 597 g/mol. The van der Waals surface area contributed by atoms with Crippen LogP contribution in [0.5, 0.6) is 5.75 Å². The molecule has 6 rings (SSSR count). The van der Waals surface area contributed by atoms with Crippen molar-refractivity contribution in [1.29, 1.82) is 0 Å². The topological polar surface area (TPSA) is 97.0 Å². The lowest BCUT2D eigenvalue weighted by Gasteiger charge is -2.42. The lowest BCUT2D eigenvalue weighted by atomic mass is 9.99. The second-order valence-corrected chi connectivity index (χ2v) is 11.9. The fraction of sp³-hybridized carbons (Fsp3) is 0.387. The van der Waals surface area contributed by atoms with Gasteiger partial charge in [-0.15, -0.1) is 0 Å². The van der Waals surface area contributed by atoms with E-state index in [0.717, 1.165) is 18.9 Å². The van der Waals surface area contributed by atoms with Gasteiger partial charge in [-0.3, -0.25) is 14.7 Å². The number of methoxy groups -OCH3 is 1. The van der Waals surface area contributed by atoms with Crippen molar-refractivity contribution in [2.45, 2.75) is 51.3 Å². The van der Waals surface area contributed by atoms with Crippen LogP contribution in [0.4, 0.5) is 23.7 Å². The highest BCUT2D eigenvalue weighted by atomic mass is 19.2. The Bertz CT molecular complexity index is 1790. The first kappa shape index (κ1) is 28.8. The highest BCUT2D eigenvalue weighted by molar-refractivity contribution is 6.00. The molecule has 9 nitrogen and oxygen atoms in total. The van der Waals surface area contributed by atoms with E-state index in [0.29, 0.717) is 24.2 Å². The van der Waals surface area contributed by atoms with Gasteiger partial charge in [-0.25, -0.2) is 18.0 Å². The van der Waals surface area contributed by atoms with Crippen LogP contribution in [0.2, 0.25) is 0 Å². The maximum Gasteiger partial charge on any atom is 0.410 e. The van der Waals surface area contributed by atoms with Crippen LogP contribution in [0, 0.1) is 17.5 Å². The molecule has 2 aromatic heterocycles. The molecule has 2 aromatic carbocycles. The van der Waals surface area contributed by atoms with Crippen molar-refractivity contribution in [1.82, 2.24) is 14.9 Å². The highest BCUT2D eigenvalue weighted by Gasteiger charge is 2.44. The molecule has 43 heavy (non-hydrogen) atoms. The third kappa shape index (κ3) is 5.24. The smallest absolute Gasteiger partial charge is 0.410 e. The number of benzene rings is 2. The fourth-order valence-electron chi connectivity index (χ4n) is 6.09. The van der Waals surface area contributed by atoms with Crippen molar-refractivity contribution in [2.24, 2.45) is 0 Å². The van der Waals surface area contributed by atoms with Gasteiger partial charge < -0.3 is 24.1 Å². The van der Waals surface area contributed by atoms with Gasteiger partial charge >= 0.3 is 6.09 Å². The molecule has 4 heterocycles. The van der Waals surface area contributed by atoms with Gasteiger partial charge in [0, 0.05) is 48.8 Å². The van der Waals surface area contributed by atoms with Gasteiger partial charge in [0.25, 0.3) is 5.56 Å². The number of pyridine rings is 2. The van der Waals surface area contributed by atoms with Crippen LogP contribution in [-0.2, 0) is 9.47 Å². The van der Waals surface area contributed by atoms with Gasteiger partial charge in [0.2, 0.25) is 0 Å². The number of aromatic nitrogens is 2. The summed E-state index contributed by atoms with van der Waals surface area (Å²) >= 11 is 0. The van der Waals surface area contributed by atoms with Crippen LogP contribution < -0.4 is 15.2 Å². The Kier molecular flexibility index (Phi) is 7.19. The summed E-state index contributed by atoms with van der Waals surface area (Å²) in [4.78, 5) is 36.4. The highest BCUT2D eigenvalue weighted by Crippen LogP contribution is 2.40. The van der Waals surface area contributed by atoms with Crippen molar-refractivity contribution in [2.75, 3.05) is 31.9 Å². The van der Waals surface area contributed by atoms with E-state index in [-0.39, 0.29) is 58.3 Å². The quantitative estimate of drug-likeness (QED) is 0.294. The number of piperazine rings is 1. The zero-order valence-electron chi connectivity index (χ0n) is 24.2. The number of nitrogens with one attached hydrogen (secondary N) is 1. The number of hydrogen-bond donors (Lipinski definition) is 1. The predicted octanol–water partition coefficient (Wildman–Crippen LogP) is 5.73. The summed E-state index contributed by atoms with van der Waals surface area (Å²) in [5.41, 5.74) is -1.16. The standard InChI is InChI=1S/C31H31F3N4O5/c1-31(2,3)43-30(40)38-17-6-7-18(38)14-37(13-17)23-11-24(39)36-29-21(23)12-35-28(27(29)34)20-10-19(42-15-41-4)9-16-5-8-22(32)26(33)25(16)20/h5,8-12,17-18H,6-7,13-15H2,1-4H3,(H,36,39). The molecule has 2 saturated heterocycles. The molecule has 2 bridgehead atoms. The number of halogens is 3. The second-order valence-electron chi connectivity index (χ2n) is 11.9. The number of carbonyl (C=O) groups excluding carboxylic acids is 1. The Labute approximate surface area is 245 Å². The third-order valence-corrected chi connectivity index (χ3v) is 7.82. The minimum atomic E-state index is -1.16. The molecule has 0 spiro atoms. The van der Waals surface area contributed by atoms with Crippen molar-refractivity contribution in [3.05, 3.63) is 64.3 Å². The fourth-order valence-corrected chi connectivity index (χ4v) is 6.09. The number of H-pyrrole nitrogens is 1. The lowest BCUT2D eigenvalue weighted by Crippen LogP contribution is -2.57. The van der Waals surface area contributed by atoms with E-state index >= 15 is 8.78 Å². The number of amides is 1. The number of rotatable bonds is 5. The summed E-state index contributed by atoms with van der Waals surface area (Å²) in [7, 11) is 1.43. The normalized spacial score (nSPS) is 18.5. The molecular weight excluding hydrogens is 565 g/mol. The zero-order chi connectivity index (χ0) is 30.6. The minimum Gasteiger partial charge on any atom is -0.468 e. The Balaban J connectivity index is 1.43. The average Bonchev–Trinajstić information content (AvgIpc) is 3.22. The molecule has 226 valence electrons. The molecular formula is C31H31F3N4O5. The molecule has 12 heteroatoms. The first-order valence-corrected chi connectivity index (χ1v) is 14.0. The monoisotopic (exact) mass is 596 g/mol. The molecule has 2 atom stereocenters. The van der Waals surface area contributed by atoms with E-state index < -0.39 is 28.6 Å². The largest absolute Gasteiger partial charge is 0.468 e. The number of nitrogens with zero attached hydrogens (tertiary/aromatic N) is 3. The van der Waals surface area contributed by atoms with E-state index in [1.54, 1.807) is 4.90 Å². The van der Waals surface area contributed by atoms with Crippen LogP contribution in [-0.4, -0.2) is 65.6 Å².